The van der Waals surface area contributed by atoms with Crippen LogP contribution in [0.5, 0.6) is 0 Å². The van der Waals surface area contributed by atoms with Crippen molar-refractivity contribution in [2.45, 2.75) is 36.9 Å². The minimum Gasteiger partial charge on any atom is -0.375 e. The summed E-state index contributed by atoms with van der Waals surface area (Å²) in [6.07, 6.45) is 2.44. The van der Waals surface area contributed by atoms with Crippen molar-refractivity contribution < 1.29 is 9.53 Å². The van der Waals surface area contributed by atoms with Crippen molar-refractivity contribution in [3.8, 4) is 5.69 Å². The molecule has 2 aliphatic rings. The van der Waals surface area contributed by atoms with Gasteiger partial charge in [0.1, 0.15) is 5.82 Å². The van der Waals surface area contributed by atoms with Gasteiger partial charge in [-0.15, -0.1) is 10.2 Å². The maximum absolute atomic E-state index is 12.5. The Morgan fingerprint density at radius 3 is 2.80 bits per heavy atom. The first kappa shape index (κ1) is 16.6. The Balaban J connectivity index is 1.50. The Hall–Kier alpha value is -1.86. The number of rotatable bonds is 5. The molecule has 0 N–H and O–H groups in total. The first-order valence-corrected chi connectivity index (χ1v) is 9.74. The Morgan fingerprint density at radius 1 is 1.28 bits per heavy atom. The minimum absolute atomic E-state index is 0.108. The second-order valence-electron chi connectivity index (χ2n) is 6.60. The van der Waals surface area contributed by atoms with Gasteiger partial charge in [0.15, 0.2) is 5.16 Å². The molecule has 1 aliphatic carbocycles. The van der Waals surface area contributed by atoms with Crippen LogP contribution in [0.1, 0.15) is 31.5 Å². The number of para-hydroxylation sites is 1. The maximum atomic E-state index is 12.5. The number of ether oxygens (including phenoxy) is 1. The number of benzene rings is 1. The molecule has 0 radical (unpaired) electrons. The number of hydrogen-bond acceptors (Lipinski definition) is 5. The Kier molecular flexibility index (Phi) is 4.76. The molecule has 1 atom stereocenters. The quantitative estimate of drug-likeness (QED) is 0.769. The van der Waals surface area contributed by atoms with E-state index in [1.807, 2.05) is 30.0 Å². The van der Waals surface area contributed by atoms with Crippen LogP contribution in [-0.4, -0.2) is 57.1 Å². The zero-order valence-corrected chi connectivity index (χ0v) is 15.1. The summed E-state index contributed by atoms with van der Waals surface area (Å²) in [5.41, 5.74) is 1.06. The average Bonchev–Trinajstić information content (AvgIpc) is 3.40. The number of aromatic nitrogens is 3. The third-order valence-corrected chi connectivity index (χ3v) is 5.45. The Morgan fingerprint density at radius 2 is 2.08 bits per heavy atom. The zero-order valence-electron chi connectivity index (χ0n) is 14.3. The van der Waals surface area contributed by atoms with Crippen molar-refractivity contribution in [1.29, 1.82) is 0 Å². The molecule has 1 saturated heterocycles. The lowest BCUT2D eigenvalue weighted by molar-refractivity contribution is -0.135. The van der Waals surface area contributed by atoms with E-state index in [0.717, 1.165) is 16.7 Å². The van der Waals surface area contributed by atoms with Crippen molar-refractivity contribution in [3.63, 3.8) is 0 Å². The molecule has 1 aromatic heterocycles. The summed E-state index contributed by atoms with van der Waals surface area (Å²) >= 11 is 1.47. The first-order chi connectivity index (χ1) is 12.2. The van der Waals surface area contributed by atoms with E-state index >= 15 is 0 Å². The number of carbonyl (C=O) groups is 1. The molecular weight excluding hydrogens is 336 g/mol. The second kappa shape index (κ2) is 7.17. The largest absolute Gasteiger partial charge is 0.375 e. The summed E-state index contributed by atoms with van der Waals surface area (Å²) in [5.74, 6) is 2.03. The summed E-state index contributed by atoms with van der Waals surface area (Å²) in [7, 11) is 0. The average molecular weight is 358 g/mol. The Bertz CT molecular complexity index is 745. The van der Waals surface area contributed by atoms with E-state index in [2.05, 4.69) is 26.9 Å². The molecule has 2 fully saturated rings. The first-order valence-electron chi connectivity index (χ1n) is 8.75. The molecule has 6 nitrogen and oxygen atoms in total. The third kappa shape index (κ3) is 3.72. The van der Waals surface area contributed by atoms with E-state index in [0.29, 0.717) is 31.4 Å². The van der Waals surface area contributed by atoms with Gasteiger partial charge in [-0.2, -0.15) is 0 Å². The summed E-state index contributed by atoms with van der Waals surface area (Å²) in [6, 6.07) is 10.2. The van der Waals surface area contributed by atoms with Gasteiger partial charge >= 0.3 is 0 Å². The van der Waals surface area contributed by atoms with Crippen molar-refractivity contribution in [2.75, 3.05) is 25.4 Å². The van der Waals surface area contributed by atoms with E-state index < -0.39 is 0 Å². The van der Waals surface area contributed by atoms with Crippen LogP contribution in [0.15, 0.2) is 35.5 Å². The van der Waals surface area contributed by atoms with Gasteiger partial charge in [0, 0.05) is 24.7 Å². The van der Waals surface area contributed by atoms with Gasteiger partial charge in [-0.1, -0.05) is 30.0 Å². The standard InChI is InChI=1S/C18H22N4O2S/c1-13-11-21(9-10-24-13)16(23)12-25-18-20-19-17(14-7-8-14)22(18)15-5-3-2-4-6-15/h2-6,13-14H,7-12H2,1H3. The van der Waals surface area contributed by atoms with Crippen LogP contribution in [0.4, 0.5) is 0 Å². The topological polar surface area (TPSA) is 60.2 Å². The predicted octanol–water partition coefficient (Wildman–Crippen LogP) is 2.48. The molecule has 0 bridgehead atoms. The monoisotopic (exact) mass is 358 g/mol. The highest BCUT2D eigenvalue weighted by atomic mass is 32.2. The summed E-state index contributed by atoms with van der Waals surface area (Å²) in [5, 5.41) is 9.56. The van der Waals surface area contributed by atoms with Crippen LogP contribution in [0.3, 0.4) is 0 Å². The van der Waals surface area contributed by atoms with Crippen LogP contribution >= 0.6 is 11.8 Å². The van der Waals surface area contributed by atoms with Crippen LogP contribution in [0.25, 0.3) is 5.69 Å². The molecule has 1 aliphatic heterocycles. The fourth-order valence-electron chi connectivity index (χ4n) is 3.06. The molecule has 1 saturated carbocycles. The van der Waals surface area contributed by atoms with Gasteiger partial charge in [-0.3, -0.25) is 9.36 Å². The van der Waals surface area contributed by atoms with Crippen molar-refractivity contribution >= 4 is 17.7 Å². The third-order valence-electron chi connectivity index (χ3n) is 4.53. The van der Waals surface area contributed by atoms with E-state index in [9.17, 15) is 4.79 Å². The summed E-state index contributed by atoms with van der Waals surface area (Å²) < 4.78 is 7.62. The summed E-state index contributed by atoms with van der Waals surface area (Å²) in [4.78, 5) is 14.4. The van der Waals surface area contributed by atoms with E-state index in [1.54, 1.807) is 0 Å². The molecule has 0 spiro atoms. The van der Waals surface area contributed by atoms with Gasteiger partial charge in [-0.25, -0.2) is 0 Å². The lowest BCUT2D eigenvalue weighted by Crippen LogP contribution is -2.45. The van der Waals surface area contributed by atoms with Gasteiger partial charge in [0.05, 0.1) is 18.5 Å². The Labute approximate surface area is 151 Å². The number of morpholine rings is 1. The van der Waals surface area contributed by atoms with Crippen LogP contribution in [0, 0.1) is 0 Å². The summed E-state index contributed by atoms with van der Waals surface area (Å²) in [6.45, 7) is 3.95. The second-order valence-corrected chi connectivity index (χ2v) is 7.54. The van der Waals surface area contributed by atoms with Crippen LogP contribution in [0.2, 0.25) is 0 Å². The number of nitrogens with zero attached hydrogens (tertiary/aromatic N) is 4. The van der Waals surface area contributed by atoms with Gasteiger partial charge in [-0.05, 0) is 31.9 Å². The van der Waals surface area contributed by atoms with Gasteiger partial charge in [0.25, 0.3) is 0 Å². The molecule has 25 heavy (non-hydrogen) atoms. The van der Waals surface area contributed by atoms with Crippen molar-refractivity contribution in [1.82, 2.24) is 19.7 Å². The molecular formula is C18H22N4O2S. The highest BCUT2D eigenvalue weighted by Gasteiger charge is 2.31. The number of amides is 1. The van der Waals surface area contributed by atoms with E-state index in [-0.39, 0.29) is 12.0 Å². The number of hydrogen-bond donors (Lipinski definition) is 0. The van der Waals surface area contributed by atoms with Crippen molar-refractivity contribution in [2.24, 2.45) is 0 Å². The molecule has 2 aromatic rings. The smallest absolute Gasteiger partial charge is 0.233 e. The SMILES string of the molecule is CC1CN(C(=O)CSc2nnc(C3CC3)n2-c2ccccc2)CCO1. The lowest BCUT2D eigenvalue weighted by Gasteiger charge is -2.31. The number of thioether (sulfide) groups is 1. The molecule has 1 aromatic carbocycles. The minimum atomic E-state index is 0.108. The highest BCUT2D eigenvalue weighted by Crippen LogP contribution is 2.41. The molecule has 132 valence electrons. The maximum Gasteiger partial charge on any atom is 0.233 e. The molecule has 1 unspecified atom stereocenters. The van der Waals surface area contributed by atoms with Gasteiger partial charge < -0.3 is 9.64 Å². The zero-order chi connectivity index (χ0) is 17.2. The highest BCUT2D eigenvalue weighted by molar-refractivity contribution is 7.99. The molecule has 4 rings (SSSR count). The molecule has 7 heteroatoms. The number of carbonyl (C=O) groups excluding carboxylic acids is 1. The van der Waals surface area contributed by atoms with Crippen molar-refractivity contribution in [3.05, 3.63) is 36.2 Å². The molecule has 2 heterocycles. The predicted molar refractivity (Wildman–Crippen MR) is 96.1 cm³/mol. The van der Waals surface area contributed by atoms with Gasteiger partial charge in [0.2, 0.25) is 5.91 Å². The van der Waals surface area contributed by atoms with E-state index in [4.69, 9.17) is 4.74 Å². The van der Waals surface area contributed by atoms with Crippen LogP contribution < -0.4 is 0 Å². The lowest BCUT2D eigenvalue weighted by atomic mass is 10.3. The van der Waals surface area contributed by atoms with E-state index in [1.165, 1.54) is 24.6 Å². The normalized spacial score (nSPS) is 20.7. The van der Waals surface area contributed by atoms with Crippen LogP contribution in [-0.2, 0) is 9.53 Å². The fourth-order valence-corrected chi connectivity index (χ4v) is 3.92. The fraction of sp³-hybridized carbons (Fsp3) is 0.500. The molecule has 1 amide bonds.